The average Bonchev–Trinajstić information content (AvgIpc) is 3.24. The molecule has 2 aliphatic heterocycles. The smallest absolute Gasteiger partial charge is 0.327 e. The second-order valence-corrected chi connectivity index (χ2v) is 8.59. The predicted molar refractivity (Wildman–Crippen MR) is 106 cm³/mol. The van der Waals surface area contributed by atoms with Gasteiger partial charge in [0.1, 0.15) is 5.54 Å². The number of amides is 4. The van der Waals surface area contributed by atoms with E-state index in [4.69, 9.17) is 0 Å². The molecule has 0 unspecified atom stereocenters. The van der Waals surface area contributed by atoms with E-state index in [2.05, 4.69) is 5.10 Å². The summed E-state index contributed by atoms with van der Waals surface area (Å²) >= 11 is 0. The summed E-state index contributed by atoms with van der Waals surface area (Å²) in [4.78, 5) is 43.4. The molecule has 3 heterocycles. The van der Waals surface area contributed by atoms with Crippen LogP contribution in [0.4, 0.5) is 4.79 Å². The molecule has 1 aromatic rings. The first-order chi connectivity index (χ1) is 13.7. The van der Waals surface area contributed by atoms with Crippen LogP contribution in [0.2, 0.25) is 0 Å². The highest BCUT2D eigenvalue weighted by molar-refractivity contribution is 6.07. The summed E-state index contributed by atoms with van der Waals surface area (Å²) in [5.41, 5.74) is -0.389. The van der Waals surface area contributed by atoms with Gasteiger partial charge in [-0.3, -0.25) is 19.2 Å². The Kier molecular flexibility index (Phi) is 5.97. The van der Waals surface area contributed by atoms with E-state index in [1.807, 2.05) is 27.7 Å². The zero-order valence-corrected chi connectivity index (χ0v) is 17.7. The lowest BCUT2D eigenvalue weighted by Gasteiger charge is -2.42. The van der Waals surface area contributed by atoms with Crippen LogP contribution in [0.1, 0.15) is 56.9 Å². The first-order valence-corrected chi connectivity index (χ1v) is 10.3. The Bertz CT molecular complexity index is 780. The minimum atomic E-state index is -0.921. The topological polar surface area (TPSA) is 99.0 Å². The van der Waals surface area contributed by atoms with Crippen molar-refractivity contribution < 1.29 is 19.5 Å². The number of rotatable bonds is 6. The van der Waals surface area contributed by atoms with Gasteiger partial charge in [0.05, 0.1) is 24.9 Å². The number of imide groups is 1. The average molecular weight is 405 g/mol. The molecule has 3 rings (SSSR count). The molecular formula is C20H31N5O4. The van der Waals surface area contributed by atoms with Crippen LogP contribution < -0.4 is 0 Å². The van der Waals surface area contributed by atoms with Crippen molar-refractivity contribution in [3.8, 4) is 0 Å². The second kappa shape index (κ2) is 8.14. The number of carbonyl (C=O) groups excluding carboxylic acids is 3. The zero-order chi connectivity index (χ0) is 21.3. The molecule has 1 aromatic heterocycles. The molecule has 0 aliphatic carbocycles. The summed E-state index contributed by atoms with van der Waals surface area (Å²) in [5.74, 6) is -0.151. The van der Waals surface area contributed by atoms with Crippen LogP contribution in [0.25, 0.3) is 0 Å². The predicted octanol–water partition coefficient (Wildman–Crippen LogP) is 1.35. The molecule has 9 heteroatoms. The van der Waals surface area contributed by atoms with E-state index >= 15 is 0 Å². The maximum atomic E-state index is 13.1. The van der Waals surface area contributed by atoms with Crippen LogP contribution in [-0.2, 0) is 4.79 Å². The lowest BCUT2D eigenvalue weighted by Crippen LogP contribution is -2.58. The normalized spacial score (nSPS) is 19.3. The van der Waals surface area contributed by atoms with Crippen LogP contribution in [0.5, 0.6) is 0 Å². The Hall–Kier alpha value is -2.42. The molecule has 2 fully saturated rings. The third-order valence-electron chi connectivity index (χ3n) is 5.75. The maximum Gasteiger partial charge on any atom is 0.327 e. The molecule has 0 aromatic carbocycles. The number of piperidine rings is 1. The first-order valence-electron chi connectivity index (χ1n) is 10.3. The molecule has 1 N–H and O–H groups in total. The third-order valence-corrected chi connectivity index (χ3v) is 5.75. The number of aliphatic hydroxyl groups is 1. The summed E-state index contributed by atoms with van der Waals surface area (Å²) < 4.78 is 1.75. The van der Waals surface area contributed by atoms with Gasteiger partial charge in [-0.05, 0) is 32.6 Å². The number of hydrogen-bond donors (Lipinski definition) is 1. The minimum absolute atomic E-state index is 0.00500. The number of aromatic nitrogens is 2. The molecule has 2 saturated heterocycles. The number of likely N-dealkylation sites (tertiary alicyclic amines) is 1. The van der Waals surface area contributed by atoms with Gasteiger partial charge in [0.15, 0.2) is 0 Å². The van der Waals surface area contributed by atoms with Crippen molar-refractivity contribution in [3.05, 3.63) is 18.0 Å². The Morgan fingerprint density at radius 2 is 1.86 bits per heavy atom. The molecule has 0 atom stereocenters. The molecule has 160 valence electrons. The summed E-state index contributed by atoms with van der Waals surface area (Å²) in [5, 5.41) is 13.5. The molecule has 0 saturated carbocycles. The van der Waals surface area contributed by atoms with E-state index in [1.54, 1.807) is 26.9 Å². The molecular weight excluding hydrogens is 374 g/mol. The highest BCUT2D eigenvalue weighted by atomic mass is 16.3. The summed E-state index contributed by atoms with van der Waals surface area (Å²) in [7, 11) is 0. The van der Waals surface area contributed by atoms with E-state index in [9.17, 15) is 19.5 Å². The molecule has 0 radical (unpaired) electrons. The Morgan fingerprint density at radius 1 is 1.21 bits per heavy atom. The van der Waals surface area contributed by atoms with E-state index in [0.717, 1.165) is 4.90 Å². The number of β-amino-alcohol motifs (C(OH)–C–C–N with tert-alkyl or cyclic N) is 1. The monoisotopic (exact) mass is 405 g/mol. The van der Waals surface area contributed by atoms with Crippen molar-refractivity contribution in [1.29, 1.82) is 0 Å². The number of nitrogens with zero attached hydrogens (tertiary/aromatic N) is 5. The molecule has 2 aliphatic rings. The quantitative estimate of drug-likeness (QED) is 0.721. The number of carbonyl (C=O) groups is 3. The van der Waals surface area contributed by atoms with Crippen LogP contribution in [0.3, 0.4) is 0 Å². The van der Waals surface area contributed by atoms with E-state index < -0.39 is 5.54 Å². The van der Waals surface area contributed by atoms with Gasteiger partial charge in [0.2, 0.25) is 0 Å². The van der Waals surface area contributed by atoms with Crippen molar-refractivity contribution in [3.63, 3.8) is 0 Å². The fourth-order valence-electron chi connectivity index (χ4n) is 4.17. The summed E-state index contributed by atoms with van der Waals surface area (Å²) in [6.45, 7) is 9.02. The summed E-state index contributed by atoms with van der Waals surface area (Å²) in [6.07, 6.45) is 4.12. The molecule has 4 amide bonds. The maximum absolute atomic E-state index is 13.1. The molecule has 0 bridgehead atoms. The molecule has 9 nitrogen and oxygen atoms in total. The van der Waals surface area contributed by atoms with Gasteiger partial charge in [-0.2, -0.15) is 5.10 Å². The fraction of sp³-hybridized carbons (Fsp3) is 0.700. The minimum Gasteiger partial charge on any atom is -0.395 e. The van der Waals surface area contributed by atoms with Crippen LogP contribution in [-0.4, -0.2) is 85.8 Å². The van der Waals surface area contributed by atoms with Crippen LogP contribution >= 0.6 is 0 Å². The molecule has 1 spiro atoms. The van der Waals surface area contributed by atoms with E-state index in [0.29, 0.717) is 38.0 Å². The van der Waals surface area contributed by atoms with Crippen LogP contribution in [0, 0.1) is 5.92 Å². The van der Waals surface area contributed by atoms with Gasteiger partial charge in [-0.25, -0.2) is 4.79 Å². The number of aliphatic hydroxyl groups excluding tert-OH is 1. The first kappa shape index (κ1) is 21.3. The third kappa shape index (κ3) is 3.75. The fourth-order valence-corrected chi connectivity index (χ4v) is 4.17. The lowest BCUT2D eigenvalue weighted by molar-refractivity contribution is -0.135. The van der Waals surface area contributed by atoms with Gasteiger partial charge in [-0.15, -0.1) is 0 Å². The second-order valence-electron chi connectivity index (χ2n) is 8.59. The van der Waals surface area contributed by atoms with Crippen molar-refractivity contribution in [2.75, 3.05) is 32.8 Å². The Labute approximate surface area is 171 Å². The SMILES string of the molecule is CC(C)CN1C(=O)N(CCO)C(=O)C12CCN(C(=O)c1cnn(C(C)C)c1)CC2. The standard InChI is InChI=1S/C20H31N5O4/c1-14(2)12-24-19(29)23(9-10-26)18(28)20(24)5-7-22(8-6-20)17(27)16-11-21-25(13-16)15(3)4/h11,13-15,26H,5-10,12H2,1-4H3. The van der Waals surface area contributed by atoms with Crippen LogP contribution in [0.15, 0.2) is 12.4 Å². The Balaban J connectivity index is 1.77. The van der Waals surface area contributed by atoms with E-state index in [-0.39, 0.29) is 43.0 Å². The van der Waals surface area contributed by atoms with Gasteiger partial charge in [-0.1, -0.05) is 13.8 Å². The zero-order valence-electron chi connectivity index (χ0n) is 17.7. The lowest BCUT2D eigenvalue weighted by atomic mass is 9.85. The highest BCUT2D eigenvalue weighted by Gasteiger charge is 2.58. The van der Waals surface area contributed by atoms with Crippen molar-refractivity contribution >= 4 is 17.8 Å². The Morgan fingerprint density at radius 3 is 2.38 bits per heavy atom. The summed E-state index contributed by atoms with van der Waals surface area (Å²) in [6, 6.07) is -0.166. The van der Waals surface area contributed by atoms with Gasteiger partial charge >= 0.3 is 6.03 Å². The van der Waals surface area contributed by atoms with Crippen molar-refractivity contribution in [1.82, 2.24) is 24.5 Å². The van der Waals surface area contributed by atoms with Gasteiger partial charge in [0, 0.05) is 31.9 Å². The van der Waals surface area contributed by atoms with E-state index in [1.165, 1.54) is 0 Å². The van der Waals surface area contributed by atoms with Gasteiger partial charge < -0.3 is 14.9 Å². The largest absolute Gasteiger partial charge is 0.395 e. The van der Waals surface area contributed by atoms with Crippen molar-refractivity contribution in [2.24, 2.45) is 5.92 Å². The number of urea groups is 1. The molecule has 29 heavy (non-hydrogen) atoms. The van der Waals surface area contributed by atoms with Gasteiger partial charge in [0.25, 0.3) is 11.8 Å². The highest BCUT2D eigenvalue weighted by Crippen LogP contribution is 2.38. The number of hydrogen-bond acceptors (Lipinski definition) is 5. The van der Waals surface area contributed by atoms with Crippen molar-refractivity contribution in [2.45, 2.75) is 52.1 Å².